The monoisotopic (exact) mass is 330 g/mol. The Bertz CT molecular complexity index is 558. The summed E-state index contributed by atoms with van der Waals surface area (Å²) in [7, 11) is 0. The van der Waals surface area contributed by atoms with E-state index in [1.807, 2.05) is 18.5 Å². The molecule has 0 saturated carbocycles. The second-order valence-corrected chi connectivity index (χ2v) is 8.51. The maximum Gasteiger partial charge on any atom is 0.0682 e. The van der Waals surface area contributed by atoms with E-state index >= 15 is 0 Å². The van der Waals surface area contributed by atoms with Crippen LogP contribution in [0.4, 0.5) is 0 Å². The van der Waals surface area contributed by atoms with Crippen molar-refractivity contribution in [3.05, 3.63) is 30.1 Å². The summed E-state index contributed by atoms with van der Waals surface area (Å²) in [4.78, 5) is 12.1. The predicted octanol–water partition coefficient (Wildman–Crippen LogP) is 1.04. The molecule has 132 valence electrons. The Balaban J connectivity index is 1.47. The average Bonchev–Trinajstić information content (AvgIpc) is 2.87. The molecule has 3 aliphatic rings. The zero-order chi connectivity index (χ0) is 16.7. The van der Waals surface area contributed by atoms with E-state index in [-0.39, 0.29) is 11.6 Å². The first-order valence-corrected chi connectivity index (χ1v) is 9.32. The fraction of sp³-hybridized carbons (Fsp3) is 0.737. The molecule has 1 aromatic heterocycles. The first-order valence-electron chi connectivity index (χ1n) is 9.32. The standard InChI is InChI=1S/C19H30N4O/c1-15(2)8-22-13-19(14-22)12-21(9-16-4-3-5-20-7-16)10-17-6-18(24)11-23(17)19/h3-5,7,15,17-18,24H,6,8-14H2,1-2H3. The van der Waals surface area contributed by atoms with Gasteiger partial charge in [0.05, 0.1) is 11.6 Å². The molecule has 2 unspecified atom stereocenters. The number of aliphatic hydroxyl groups excluding tert-OH is 1. The van der Waals surface area contributed by atoms with Crippen LogP contribution in [-0.4, -0.2) is 81.7 Å². The highest BCUT2D eigenvalue weighted by Gasteiger charge is 2.55. The van der Waals surface area contributed by atoms with Gasteiger partial charge in [-0.15, -0.1) is 0 Å². The van der Waals surface area contributed by atoms with Gasteiger partial charge in [0.15, 0.2) is 0 Å². The molecular formula is C19H30N4O. The highest BCUT2D eigenvalue weighted by atomic mass is 16.3. The van der Waals surface area contributed by atoms with Crippen molar-refractivity contribution in [3.8, 4) is 0 Å². The number of likely N-dealkylation sites (tertiary alicyclic amines) is 1. The normalized spacial score (nSPS) is 30.7. The zero-order valence-electron chi connectivity index (χ0n) is 14.9. The number of β-amino-alcohol motifs (C(OH)–C–C–N with tert-alkyl or cyclic N) is 1. The molecule has 1 aromatic rings. The van der Waals surface area contributed by atoms with Gasteiger partial charge in [-0.25, -0.2) is 0 Å². The van der Waals surface area contributed by atoms with Gasteiger partial charge >= 0.3 is 0 Å². The summed E-state index contributed by atoms with van der Waals surface area (Å²) in [6.45, 7) is 12.1. The molecule has 0 amide bonds. The van der Waals surface area contributed by atoms with Gasteiger partial charge in [-0.2, -0.15) is 0 Å². The molecule has 5 nitrogen and oxygen atoms in total. The molecule has 0 radical (unpaired) electrons. The summed E-state index contributed by atoms with van der Waals surface area (Å²) in [5.74, 6) is 0.720. The molecule has 1 spiro atoms. The number of rotatable bonds is 4. The fourth-order valence-electron chi connectivity index (χ4n) is 5.10. The zero-order valence-corrected chi connectivity index (χ0v) is 14.9. The summed E-state index contributed by atoms with van der Waals surface area (Å²) in [5.41, 5.74) is 1.54. The van der Waals surface area contributed by atoms with Crippen LogP contribution in [0, 0.1) is 5.92 Å². The van der Waals surface area contributed by atoms with Crippen LogP contribution >= 0.6 is 0 Å². The summed E-state index contributed by atoms with van der Waals surface area (Å²) in [5, 5.41) is 10.2. The van der Waals surface area contributed by atoms with Gasteiger partial charge in [-0.3, -0.25) is 19.7 Å². The Morgan fingerprint density at radius 2 is 2.04 bits per heavy atom. The Labute approximate surface area is 145 Å². The molecule has 4 heterocycles. The molecule has 3 aliphatic heterocycles. The molecule has 2 atom stereocenters. The Kier molecular flexibility index (Phi) is 4.37. The van der Waals surface area contributed by atoms with Gasteiger partial charge in [-0.05, 0) is 24.0 Å². The number of aromatic nitrogens is 1. The summed E-state index contributed by atoms with van der Waals surface area (Å²) >= 11 is 0. The van der Waals surface area contributed by atoms with Crippen LogP contribution < -0.4 is 0 Å². The number of pyridine rings is 1. The van der Waals surface area contributed by atoms with E-state index in [1.165, 1.54) is 12.1 Å². The number of fused-ring (bicyclic) bond motifs is 2. The first-order chi connectivity index (χ1) is 11.5. The molecule has 24 heavy (non-hydrogen) atoms. The molecule has 0 bridgehead atoms. The van der Waals surface area contributed by atoms with Crippen molar-refractivity contribution >= 4 is 0 Å². The predicted molar refractivity (Wildman–Crippen MR) is 94.6 cm³/mol. The SMILES string of the molecule is CC(C)CN1CC2(CN(Cc3cccnc3)CC3CC(O)CN32)C1. The Morgan fingerprint density at radius 1 is 1.25 bits per heavy atom. The van der Waals surface area contributed by atoms with E-state index in [0.29, 0.717) is 6.04 Å². The second kappa shape index (κ2) is 6.37. The second-order valence-electron chi connectivity index (χ2n) is 8.51. The van der Waals surface area contributed by atoms with Crippen molar-refractivity contribution in [3.63, 3.8) is 0 Å². The molecule has 5 heteroatoms. The first kappa shape index (κ1) is 16.5. The molecule has 1 N–H and O–H groups in total. The number of aliphatic hydroxyl groups is 1. The smallest absolute Gasteiger partial charge is 0.0682 e. The van der Waals surface area contributed by atoms with Crippen molar-refractivity contribution in [1.82, 2.24) is 19.7 Å². The van der Waals surface area contributed by atoms with Crippen molar-refractivity contribution in [1.29, 1.82) is 0 Å². The van der Waals surface area contributed by atoms with Crippen LogP contribution in [0.3, 0.4) is 0 Å². The van der Waals surface area contributed by atoms with Crippen LogP contribution in [0.1, 0.15) is 25.8 Å². The van der Waals surface area contributed by atoms with Crippen LogP contribution in [0.25, 0.3) is 0 Å². The summed E-state index contributed by atoms with van der Waals surface area (Å²) in [6.07, 6.45) is 4.60. The topological polar surface area (TPSA) is 42.8 Å². The molecule has 4 rings (SSSR count). The summed E-state index contributed by atoms with van der Waals surface area (Å²) in [6, 6.07) is 4.70. The van der Waals surface area contributed by atoms with E-state index in [2.05, 4.69) is 39.6 Å². The quantitative estimate of drug-likeness (QED) is 0.894. The maximum absolute atomic E-state index is 10.2. The van der Waals surface area contributed by atoms with Crippen molar-refractivity contribution in [2.75, 3.05) is 39.3 Å². The third-order valence-corrected chi connectivity index (χ3v) is 5.78. The van der Waals surface area contributed by atoms with Crippen LogP contribution in [0.2, 0.25) is 0 Å². The average molecular weight is 330 g/mol. The van der Waals surface area contributed by atoms with Gasteiger partial charge in [0, 0.05) is 64.2 Å². The Hall–Kier alpha value is -1.01. The van der Waals surface area contributed by atoms with E-state index in [0.717, 1.165) is 51.6 Å². The van der Waals surface area contributed by atoms with Gasteiger partial charge in [0.2, 0.25) is 0 Å². The number of hydrogen-bond acceptors (Lipinski definition) is 5. The lowest BCUT2D eigenvalue weighted by atomic mass is 9.83. The lowest BCUT2D eigenvalue weighted by Crippen LogP contribution is -2.78. The van der Waals surface area contributed by atoms with E-state index in [9.17, 15) is 5.11 Å². The van der Waals surface area contributed by atoms with Gasteiger partial charge in [0.25, 0.3) is 0 Å². The van der Waals surface area contributed by atoms with Crippen molar-refractivity contribution in [2.24, 2.45) is 5.92 Å². The minimum absolute atomic E-state index is 0.149. The molecule has 3 fully saturated rings. The third-order valence-electron chi connectivity index (χ3n) is 5.78. The van der Waals surface area contributed by atoms with Crippen LogP contribution in [-0.2, 0) is 6.54 Å². The fourth-order valence-corrected chi connectivity index (χ4v) is 5.10. The van der Waals surface area contributed by atoms with Crippen molar-refractivity contribution < 1.29 is 5.11 Å². The minimum atomic E-state index is -0.149. The number of nitrogens with zero attached hydrogens (tertiary/aromatic N) is 4. The number of hydrogen-bond donors (Lipinski definition) is 1. The van der Waals surface area contributed by atoms with E-state index in [1.54, 1.807) is 0 Å². The van der Waals surface area contributed by atoms with Gasteiger partial charge < -0.3 is 5.11 Å². The van der Waals surface area contributed by atoms with Gasteiger partial charge in [0.1, 0.15) is 0 Å². The lowest BCUT2D eigenvalue weighted by Gasteiger charge is -2.61. The van der Waals surface area contributed by atoms with E-state index in [4.69, 9.17) is 0 Å². The maximum atomic E-state index is 10.2. The molecule has 0 aromatic carbocycles. The Morgan fingerprint density at radius 3 is 2.75 bits per heavy atom. The van der Waals surface area contributed by atoms with Crippen LogP contribution in [0.5, 0.6) is 0 Å². The van der Waals surface area contributed by atoms with E-state index < -0.39 is 0 Å². The molecular weight excluding hydrogens is 300 g/mol. The highest BCUT2D eigenvalue weighted by molar-refractivity contribution is 5.15. The molecule has 0 aliphatic carbocycles. The largest absolute Gasteiger partial charge is 0.392 e. The third kappa shape index (κ3) is 3.10. The summed E-state index contributed by atoms with van der Waals surface area (Å²) < 4.78 is 0. The highest BCUT2D eigenvalue weighted by Crippen LogP contribution is 2.39. The number of piperazine rings is 1. The lowest BCUT2D eigenvalue weighted by molar-refractivity contribution is -0.117. The molecule has 3 saturated heterocycles. The minimum Gasteiger partial charge on any atom is -0.392 e. The van der Waals surface area contributed by atoms with Gasteiger partial charge in [-0.1, -0.05) is 19.9 Å². The van der Waals surface area contributed by atoms with Crippen molar-refractivity contribution in [2.45, 2.75) is 44.5 Å². The van der Waals surface area contributed by atoms with Crippen LogP contribution in [0.15, 0.2) is 24.5 Å².